The van der Waals surface area contributed by atoms with Crippen molar-refractivity contribution in [2.75, 3.05) is 7.05 Å². The van der Waals surface area contributed by atoms with Crippen molar-refractivity contribution in [3.8, 4) is 5.75 Å². The van der Waals surface area contributed by atoms with Gasteiger partial charge in [-0.05, 0) is 31.5 Å². The summed E-state index contributed by atoms with van der Waals surface area (Å²) in [7, 11) is 1.75. The van der Waals surface area contributed by atoms with E-state index >= 15 is 0 Å². The SMILES string of the molecule is CN(C(=O)Oc1ccccc1)C(C)(C)c1ccccc1. The summed E-state index contributed by atoms with van der Waals surface area (Å²) in [5.41, 5.74) is 0.625. The first-order chi connectivity index (χ1) is 9.51. The topological polar surface area (TPSA) is 29.5 Å². The van der Waals surface area contributed by atoms with Gasteiger partial charge in [0.05, 0.1) is 5.54 Å². The summed E-state index contributed by atoms with van der Waals surface area (Å²) in [5, 5.41) is 0. The lowest BCUT2D eigenvalue weighted by Crippen LogP contribution is -2.44. The van der Waals surface area contributed by atoms with Crippen LogP contribution in [0.15, 0.2) is 60.7 Å². The fraction of sp³-hybridized carbons (Fsp3) is 0.235. The van der Waals surface area contributed by atoms with Crippen molar-refractivity contribution in [1.29, 1.82) is 0 Å². The summed E-state index contributed by atoms with van der Waals surface area (Å²) >= 11 is 0. The molecule has 0 atom stereocenters. The first-order valence-corrected chi connectivity index (χ1v) is 6.58. The first-order valence-electron chi connectivity index (χ1n) is 6.58. The van der Waals surface area contributed by atoms with E-state index in [9.17, 15) is 4.79 Å². The number of hydrogen-bond acceptors (Lipinski definition) is 2. The molecule has 0 aliphatic carbocycles. The summed E-state index contributed by atoms with van der Waals surface area (Å²) in [6.45, 7) is 3.99. The maximum Gasteiger partial charge on any atom is 0.415 e. The monoisotopic (exact) mass is 269 g/mol. The van der Waals surface area contributed by atoms with Crippen LogP contribution in [0.5, 0.6) is 5.75 Å². The molecule has 0 heterocycles. The Labute approximate surface area is 119 Å². The summed E-state index contributed by atoms with van der Waals surface area (Å²) in [5.74, 6) is 0.549. The van der Waals surface area contributed by atoms with Crippen LogP contribution in [-0.2, 0) is 5.54 Å². The molecule has 0 saturated carbocycles. The smallest absolute Gasteiger partial charge is 0.410 e. The molecule has 0 saturated heterocycles. The van der Waals surface area contributed by atoms with Crippen molar-refractivity contribution in [1.82, 2.24) is 4.90 Å². The molecular weight excluding hydrogens is 250 g/mol. The van der Waals surface area contributed by atoms with Gasteiger partial charge in [0, 0.05) is 7.05 Å². The molecule has 0 bridgehead atoms. The largest absolute Gasteiger partial charge is 0.415 e. The van der Waals surface area contributed by atoms with E-state index in [4.69, 9.17) is 4.74 Å². The highest BCUT2D eigenvalue weighted by Gasteiger charge is 2.30. The Morgan fingerprint density at radius 1 is 0.950 bits per heavy atom. The third-order valence-electron chi connectivity index (χ3n) is 3.54. The number of nitrogens with zero attached hydrogens (tertiary/aromatic N) is 1. The lowest BCUT2D eigenvalue weighted by molar-refractivity contribution is 0.116. The molecule has 104 valence electrons. The molecule has 0 fully saturated rings. The van der Waals surface area contributed by atoms with Crippen LogP contribution >= 0.6 is 0 Å². The van der Waals surface area contributed by atoms with Gasteiger partial charge in [-0.2, -0.15) is 0 Å². The zero-order valence-electron chi connectivity index (χ0n) is 12.0. The predicted molar refractivity (Wildman–Crippen MR) is 79.7 cm³/mol. The van der Waals surface area contributed by atoms with Crippen molar-refractivity contribution in [3.05, 3.63) is 66.2 Å². The zero-order chi connectivity index (χ0) is 14.6. The van der Waals surface area contributed by atoms with Gasteiger partial charge in [0.2, 0.25) is 0 Å². The maximum atomic E-state index is 12.2. The molecule has 20 heavy (non-hydrogen) atoms. The van der Waals surface area contributed by atoms with Gasteiger partial charge < -0.3 is 9.64 Å². The molecule has 3 nitrogen and oxygen atoms in total. The summed E-state index contributed by atoms with van der Waals surface area (Å²) in [6, 6.07) is 19.0. The predicted octanol–water partition coefficient (Wildman–Crippen LogP) is 4.05. The molecule has 2 aromatic carbocycles. The van der Waals surface area contributed by atoms with Crippen LogP contribution in [0.3, 0.4) is 0 Å². The van der Waals surface area contributed by atoms with Crippen molar-refractivity contribution < 1.29 is 9.53 Å². The molecule has 1 amide bonds. The average molecular weight is 269 g/mol. The molecular formula is C17H19NO2. The van der Waals surface area contributed by atoms with Crippen LogP contribution in [0.2, 0.25) is 0 Å². The summed E-state index contributed by atoms with van der Waals surface area (Å²) < 4.78 is 5.37. The highest BCUT2D eigenvalue weighted by molar-refractivity contribution is 5.71. The van der Waals surface area contributed by atoms with Crippen molar-refractivity contribution in [2.24, 2.45) is 0 Å². The number of benzene rings is 2. The third-order valence-corrected chi connectivity index (χ3v) is 3.54. The van der Waals surface area contributed by atoms with Gasteiger partial charge in [-0.1, -0.05) is 48.5 Å². The number of carbonyl (C=O) groups excluding carboxylic acids is 1. The van der Waals surface area contributed by atoms with Gasteiger partial charge in [0.15, 0.2) is 0 Å². The third kappa shape index (κ3) is 2.99. The summed E-state index contributed by atoms with van der Waals surface area (Å²) in [4.78, 5) is 13.8. The highest BCUT2D eigenvalue weighted by Crippen LogP contribution is 2.27. The lowest BCUT2D eigenvalue weighted by atomic mass is 9.93. The minimum atomic E-state index is -0.437. The van der Waals surface area contributed by atoms with Gasteiger partial charge in [-0.15, -0.1) is 0 Å². The Balaban J connectivity index is 2.14. The fourth-order valence-corrected chi connectivity index (χ4v) is 1.93. The van der Waals surface area contributed by atoms with Crippen LogP contribution in [0.4, 0.5) is 4.79 Å². The number of rotatable bonds is 3. The molecule has 0 radical (unpaired) electrons. The van der Waals surface area contributed by atoms with E-state index in [2.05, 4.69) is 0 Å². The van der Waals surface area contributed by atoms with E-state index in [1.165, 1.54) is 0 Å². The first kappa shape index (κ1) is 14.1. The minimum absolute atomic E-state index is 0.370. The Hall–Kier alpha value is -2.29. The lowest BCUT2D eigenvalue weighted by Gasteiger charge is -2.35. The second kappa shape index (κ2) is 5.78. The minimum Gasteiger partial charge on any atom is -0.410 e. The van der Waals surface area contributed by atoms with E-state index in [0.29, 0.717) is 5.75 Å². The quantitative estimate of drug-likeness (QED) is 0.841. The van der Waals surface area contributed by atoms with E-state index < -0.39 is 5.54 Å². The molecule has 3 heteroatoms. The van der Waals surface area contributed by atoms with Gasteiger partial charge >= 0.3 is 6.09 Å². The molecule has 0 aromatic heterocycles. The van der Waals surface area contributed by atoms with Crippen LogP contribution in [-0.4, -0.2) is 18.0 Å². The van der Waals surface area contributed by atoms with Gasteiger partial charge in [0.1, 0.15) is 5.75 Å². The number of ether oxygens (including phenoxy) is 1. The normalized spacial score (nSPS) is 10.9. The number of hydrogen-bond donors (Lipinski definition) is 0. The molecule has 0 aliphatic rings. The zero-order valence-corrected chi connectivity index (χ0v) is 12.0. The van der Waals surface area contributed by atoms with Crippen molar-refractivity contribution in [2.45, 2.75) is 19.4 Å². The number of para-hydroxylation sites is 1. The standard InChI is InChI=1S/C17H19NO2/c1-17(2,14-10-6-4-7-11-14)18(3)16(19)20-15-12-8-5-9-13-15/h4-13H,1-3H3. The van der Waals surface area contributed by atoms with Gasteiger partial charge in [-0.3, -0.25) is 0 Å². The summed E-state index contributed by atoms with van der Waals surface area (Å²) in [6.07, 6.45) is -0.370. The molecule has 0 aliphatic heterocycles. The van der Waals surface area contributed by atoms with Crippen LogP contribution < -0.4 is 4.74 Å². The Kier molecular flexibility index (Phi) is 4.08. The van der Waals surface area contributed by atoms with Crippen LogP contribution in [0.25, 0.3) is 0 Å². The molecule has 0 unspecified atom stereocenters. The fourth-order valence-electron chi connectivity index (χ4n) is 1.93. The van der Waals surface area contributed by atoms with E-state index in [-0.39, 0.29) is 6.09 Å². The van der Waals surface area contributed by atoms with E-state index in [1.807, 2.05) is 62.4 Å². The van der Waals surface area contributed by atoms with E-state index in [0.717, 1.165) is 5.56 Å². The van der Waals surface area contributed by atoms with E-state index in [1.54, 1.807) is 24.1 Å². The molecule has 0 N–H and O–H groups in total. The van der Waals surface area contributed by atoms with Crippen LogP contribution in [0.1, 0.15) is 19.4 Å². The maximum absolute atomic E-state index is 12.2. The Bertz CT molecular complexity index is 564. The van der Waals surface area contributed by atoms with Gasteiger partial charge in [0.25, 0.3) is 0 Å². The average Bonchev–Trinajstić information content (AvgIpc) is 2.48. The number of amides is 1. The molecule has 2 aromatic rings. The molecule has 0 spiro atoms. The Morgan fingerprint density at radius 2 is 1.45 bits per heavy atom. The molecule has 2 rings (SSSR count). The van der Waals surface area contributed by atoms with Crippen LogP contribution in [0, 0.1) is 0 Å². The van der Waals surface area contributed by atoms with Gasteiger partial charge in [-0.25, -0.2) is 4.79 Å². The van der Waals surface area contributed by atoms with Crippen molar-refractivity contribution in [3.63, 3.8) is 0 Å². The second-order valence-electron chi connectivity index (χ2n) is 5.17. The Morgan fingerprint density at radius 3 is 2.00 bits per heavy atom. The van der Waals surface area contributed by atoms with Crippen molar-refractivity contribution >= 4 is 6.09 Å². The highest BCUT2D eigenvalue weighted by atomic mass is 16.6. The second-order valence-corrected chi connectivity index (χ2v) is 5.17. The number of carbonyl (C=O) groups is 1.